The van der Waals surface area contributed by atoms with Crippen molar-refractivity contribution in [3.63, 3.8) is 0 Å². The fourth-order valence-corrected chi connectivity index (χ4v) is 4.99. The zero-order valence-corrected chi connectivity index (χ0v) is 18.9. The van der Waals surface area contributed by atoms with Gasteiger partial charge in [-0.2, -0.15) is 0 Å². The summed E-state index contributed by atoms with van der Waals surface area (Å²) in [7, 11) is -3.25. The number of rotatable bonds is 11. The lowest BCUT2D eigenvalue weighted by Gasteiger charge is -2.24. The van der Waals surface area contributed by atoms with Crippen molar-refractivity contribution in [3.8, 4) is 0 Å². The molecule has 2 aliphatic heterocycles. The fraction of sp³-hybridized carbons (Fsp3) is 0.440. The number of sulfone groups is 1. The van der Waals surface area contributed by atoms with Crippen LogP contribution in [0.2, 0.25) is 0 Å². The molecule has 5 atom stereocenters. The second-order valence-electron chi connectivity index (χ2n) is 8.26. The van der Waals surface area contributed by atoms with Crippen LogP contribution < -0.4 is 0 Å². The molecule has 2 aromatic carbocycles. The van der Waals surface area contributed by atoms with Crippen LogP contribution in [0, 0.1) is 0 Å². The maximum atomic E-state index is 11.8. The van der Waals surface area contributed by atoms with Crippen molar-refractivity contribution < 1.29 is 27.4 Å². The number of fused-ring (bicyclic) bond motifs is 1. The first kappa shape index (κ1) is 23.1. The smallest absolute Gasteiger partial charge is 0.171 e. The van der Waals surface area contributed by atoms with Gasteiger partial charge in [-0.15, -0.1) is 0 Å². The maximum Gasteiger partial charge on any atom is 0.171 e. The molecule has 4 rings (SSSR count). The van der Waals surface area contributed by atoms with Gasteiger partial charge in [0.15, 0.2) is 9.84 Å². The Bertz CT molecular complexity index is 962. The second kappa shape index (κ2) is 10.7. The summed E-state index contributed by atoms with van der Waals surface area (Å²) in [6, 6.07) is 20.0. The van der Waals surface area contributed by atoms with Crippen LogP contribution in [-0.2, 0) is 42.0 Å². The molecule has 0 spiro atoms. The Morgan fingerprint density at radius 3 is 2.28 bits per heavy atom. The van der Waals surface area contributed by atoms with E-state index in [1.807, 2.05) is 60.7 Å². The molecule has 0 saturated carbocycles. The van der Waals surface area contributed by atoms with Crippen LogP contribution in [0.3, 0.4) is 0 Å². The third kappa shape index (κ3) is 6.05. The van der Waals surface area contributed by atoms with Gasteiger partial charge in [-0.1, -0.05) is 67.2 Å². The van der Waals surface area contributed by atoms with Crippen molar-refractivity contribution >= 4 is 9.84 Å². The van der Waals surface area contributed by atoms with Gasteiger partial charge >= 0.3 is 0 Å². The minimum absolute atomic E-state index is 0.0275. The number of hydrogen-bond acceptors (Lipinski definition) is 6. The van der Waals surface area contributed by atoms with Gasteiger partial charge in [0, 0.05) is 11.8 Å². The molecule has 2 heterocycles. The van der Waals surface area contributed by atoms with E-state index in [-0.39, 0.29) is 36.3 Å². The summed E-state index contributed by atoms with van der Waals surface area (Å²) in [6.45, 7) is 4.73. The fourth-order valence-electron chi connectivity index (χ4n) is 4.23. The van der Waals surface area contributed by atoms with Gasteiger partial charge in [0.25, 0.3) is 0 Å². The van der Waals surface area contributed by atoms with Gasteiger partial charge in [0.2, 0.25) is 0 Å². The molecule has 0 bridgehead atoms. The van der Waals surface area contributed by atoms with Crippen molar-refractivity contribution in [2.24, 2.45) is 0 Å². The molecule has 6 nitrogen and oxygen atoms in total. The molecular weight excluding hydrogens is 428 g/mol. The SMILES string of the molecule is C=CS(=O)(=O)CC[C@@H]1C[C@@H]2O[C@H](COCc3ccccc3)[C@@H](OCc3ccccc3)[C@@H]2O1. The molecule has 2 fully saturated rings. The first-order valence-electron chi connectivity index (χ1n) is 11.0. The average Bonchev–Trinajstić information content (AvgIpc) is 3.35. The predicted molar refractivity (Wildman–Crippen MR) is 122 cm³/mol. The highest BCUT2D eigenvalue weighted by Gasteiger charge is 2.51. The van der Waals surface area contributed by atoms with E-state index in [4.69, 9.17) is 18.9 Å². The van der Waals surface area contributed by atoms with Crippen molar-refractivity contribution in [3.05, 3.63) is 83.8 Å². The number of benzene rings is 2. The Kier molecular flexibility index (Phi) is 7.75. The van der Waals surface area contributed by atoms with E-state index in [2.05, 4.69) is 6.58 Å². The van der Waals surface area contributed by atoms with Gasteiger partial charge in [0.05, 0.1) is 37.8 Å². The minimum Gasteiger partial charge on any atom is -0.374 e. The third-order valence-electron chi connectivity index (χ3n) is 5.91. The van der Waals surface area contributed by atoms with E-state index in [1.165, 1.54) is 0 Å². The van der Waals surface area contributed by atoms with Crippen molar-refractivity contribution in [2.45, 2.75) is 56.6 Å². The minimum atomic E-state index is -3.25. The lowest BCUT2D eigenvalue weighted by Crippen LogP contribution is -2.37. The van der Waals surface area contributed by atoms with E-state index in [0.29, 0.717) is 32.7 Å². The van der Waals surface area contributed by atoms with Gasteiger partial charge in [-0.25, -0.2) is 8.42 Å². The maximum absolute atomic E-state index is 11.8. The molecular formula is C25H30O6S. The quantitative estimate of drug-likeness (QED) is 0.512. The Morgan fingerprint density at radius 2 is 1.62 bits per heavy atom. The lowest BCUT2D eigenvalue weighted by atomic mass is 10.1. The molecule has 172 valence electrons. The van der Waals surface area contributed by atoms with Crippen LogP contribution in [0.25, 0.3) is 0 Å². The van der Waals surface area contributed by atoms with E-state index in [0.717, 1.165) is 16.5 Å². The van der Waals surface area contributed by atoms with Gasteiger partial charge in [-0.3, -0.25) is 0 Å². The molecule has 7 heteroatoms. The van der Waals surface area contributed by atoms with Crippen molar-refractivity contribution in [1.29, 1.82) is 0 Å². The normalized spacial score (nSPS) is 27.3. The summed E-state index contributed by atoms with van der Waals surface area (Å²) in [5.41, 5.74) is 2.18. The van der Waals surface area contributed by atoms with Crippen LogP contribution in [-0.4, -0.2) is 51.3 Å². The van der Waals surface area contributed by atoms with Crippen LogP contribution in [0.4, 0.5) is 0 Å². The van der Waals surface area contributed by atoms with E-state index >= 15 is 0 Å². The molecule has 0 aromatic heterocycles. The Hall–Kier alpha value is -2.03. The topological polar surface area (TPSA) is 71.1 Å². The highest BCUT2D eigenvalue weighted by atomic mass is 32.2. The molecule has 0 amide bonds. The summed E-state index contributed by atoms with van der Waals surface area (Å²) in [6.07, 6.45) is 0.0160. The highest BCUT2D eigenvalue weighted by molar-refractivity contribution is 7.94. The summed E-state index contributed by atoms with van der Waals surface area (Å²) in [4.78, 5) is 0. The van der Waals surface area contributed by atoms with E-state index in [9.17, 15) is 8.42 Å². The largest absolute Gasteiger partial charge is 0.374 e. The molecule has 32 heavy (non-hydrogen) atoms. The first-order chi connectivity index (χ1) is 15.5. The lowest BCUT2D eigenvalue weighted by molar-refractivity contribution is -0.101. The third-order valence-corrected chi connectivity index (χ3v) is 7.22. The zero-order chi connectivity index (χ0) is 22.4. The van der Waals surface area contributed by atoms with Crippen molar-refractivity contribution in [1.82, 2.24) is 0 Å². The van der Waals surface area contributed by atoms with E-state index < -0.39 is 9.84 Å². The molecule has 2 saturated heterocycles. The molecule has 0 radical (unpaired) electrons. The van der Waals surface area contributed by atoms with Gasteiger partial charge in [-0.05, 0) is 17.5 Å². The Balaban J connectivity index is 1.36. The summed E-state index contributed by atoms with van der Waals surface area (Å²) in [5.74, 6) is 0.0275. The summed E-state index contributed by atoms with van der Waals surface area (Å²) in [5, 5.41) is 1.01. The average molecular weight is 459 g/mol. The van der Waals surface area contributed by atoms with Gasteiger partial charge < -0.3 is 18.9 Å². The van der Waals surface area contributed by atoms with Crippen LogP contribution in [0.15, 0.2) is 72.7 Å². The zero-order valence-electron chi connectivity index (χ0n) is 18.0. The highest BCUT2D eigenvalue weighted by Crippen LogP contribution is 2.37. The van der Waals surface area contributed by atoms with Crippen LogP contribution in [0.1, 0.15) is 24.0 Å². The summed E-state index contributed by atoms with van der Waals surface area (Å²) >= 11 is 0. The van der Waals surface area contributed by atoms with Crippen LogP contribution in [0.5, 0.6) is 0 Å². The molecule has 0 N–H and O–H groups in total. The monoisotopic (exact) mass is 458 g/mol. The Labute approximate surface area is 190 Å². The standard InChI is InChI=1S/C25H30O6S/c1-2-32(26,27)14-13-21-15-22-25(30-21)24(29-17-20-11-7-4-8-12-20)23(31-22)18-28-16-19-9-5-3-6-10-19/h2-12,21-25H,1,13-18H2/t21-,22+,23-,24-,25-/m1/s1. The first-order valence-corrected chi connectivity index (χ1v) is 12.7. The summed E-state index contributed by atoms with van der Waals surface area (Å²) < 4.78 is 48.2. The Morgan fingerprint density at radius 1 is 0.969 bits per heavy atom. The number of hydrogen-bond donors (Lipinski definition) is 0. The van der Waals surface area contributed by atoms with Gasteiger partial charge in [0.1, 0.15) is 18.3 Å². The molecule has 0 aliphatic carbocycles. The van der Waals surface area contributed by atoms with Crippen molar-refractivity contribution in [2.75, 3.05) is 12.4 Å². The van der Waals surface area contributed by atoms with E-state index in [1.54, 1.807) is 0 Å². The predicted octanol–water partition coefficient (Wildman–Crippen LogP) is 3.66. The number of ether oxygens (including phenoxy) is 4. The molecule has 2 aromatic rings. The second-order valence-corrected chi connectivity index (χ2v) is 10.3. The molecule has 2 aliphatic rings. The molecule has 0 unspecified atom stereocenters. The van der Waals surface area contributed by atoms with Crippen LogP contribution >= 0.6 is 0 Å².